The van der Waals surface area contributed by atoms with Gasteiger partial charge in [0.2, 0.25) is 0 Å². The van der Waals surface area contributed by atoms with E-state index in [4.69, 9.17) is 21.1 Å². The van der Waals surface area contributed by atoms with E-state index in [0.717, 1.165) is 30.6 Å². The van der Waals surface area contributed by atoms with Crippen LogP contribution in [0.1, 0.15) is 44.6 Å². The molecule has 2 aromatic rings. The second kappa shape index (κ2) is 10.6. The first-order valence-corrected chi connectivity index (χ1v) is 11.8. The molecule has 1 aliphatic heterocycles. The highest BCUT2D eigenvalue weighted by molar-refractivity contribution is 6.30. The fourth-order valence-corrected chi connectivity index (χ4v) is 4.94. The Hall–Kier alpha value is -1.61. The first kappa shape index (κ1) is 21.6. The minimum atomic E-state index is 0.0212. The van der Waals surface area contributed by atoms with Gasteiger partial charge < -0.3 is 9.47 Å². The molecule has 0 amide bonds. The van der Waals surface area contributed by atoms with Crippen LogP contribution in [0.2, 0.25) is 5.02 Å². The Morgan fingerprint density at radius 3 is 2.07 bits per heavy atom. The molecule has 0 bridgehead atoms. The van der Waals surface area contributed by atoms with Crippen LogP contribution in [0, 0.1) is 17.8 Å². The maximum absolute atomic E-state index is 6.02. The van der Waals surface area contributed by atoms with E-state index in [-0.39, 0.29) is 6.29 Å². The molecule has 1 saturated heterocycles. The van der Waals surface area contributed by atoms with Crippen molar-refractivity contribution in [3.8, 4) is 11.1 Å². The Kier molecular flexibility index (Phi) is 7.65. The summed E-state index contributed by atoms with van der Waals surface area (Å²) in [6.45, 7) is 3.67. The molecule has 2 aromatic carbocycles. The fourth-order valence-electron chi connectivity index (χ4n) is 4.81. The van der Waals surface area contributed by atoms with Gasteiger partial charge in [-0.1, -0.05) is 60.2 Å². The number of halogens is 1. The summed E-state index contributed by atoms with van der Waals surface area (Å²) in [6, 6.07) is 17.1. The molecule has 0 aromatic heterocycles. The summed E-state index contributed by atoms with van der Waals surface area (Å²) in [5, 5.41) is 0.782. The van der Waals surface area contributed by atoms with Crippen LogP contribution in [0.3, 0.4) is 0 Å². The molecule has 2 aliphatic rings. The third kappa shape index (κ3) is 5.75. The molecule has 4 rings (SSSR count). The van der Waals surface area contributed by atoms with Crippen molar-refractivity contribution in [3.63, 3.8) is 0 Å². The van der Waals surface area contributed by atoms with Crippen molar-refractivity contribution in [3.05, 3.63) is 71.3 Å². The second-order valence-electron chi connectivity index (χ2n) is 8.84. The van der Waals surface area contributed by atoms with Crippen LogP contribution in [0.25, 0.3) is 11.1 Å². The van der Waals surface area contributed by atoms with Crippen LogP contribution in [0.4, 0.5) is 0 Å². The average molecular weight is 425 g/mol. The van der Waals surface area contributed by atoms with E-state index in [0.29, 0.717) is 11.8 Å². The molecule has 0 N–H and O–H groups in total. The predicted molar refractivity (Wildman–Crippen MR) is 125 cm³/mol. The molecule has 0 unspecified atom stereocenters. The zero-order valence-corrected chi connectivity index (χ0v) is 18.7. The summed E-state index contributed by atoms with van der Waals surface area (Å²) in [5.74, 6) is 1.83. The van der Waals surface area contributed by atoms with Gasteiger partial charge in [0.25, 0.3) is 0 Å². The predicted octanol–water partition coefficient (Wildman–Crippen LogP) is 7.31. The number of ether oxygens (including phenoxy) is 2. The molecule has 3 heteroatoms. The Labute approximate surface area is 186 Å². The van der Waals surface area contributed by atoms with E-state index in [1.165, 1.54) is 48.8 Å². The van der Waals surface area contributed by atoms with Crippen molar-refractivity contribution in [1.29, 1.82) is 0 Å². The van der Waals surface area contributed by atoms with Crippen molar-refractivity contribution < 1.29 is 9.47 Å². The first-order chi connectivity index (χ1) is 14.7. The van der Waals surface area contributed by atoms with Crippen molar-refractivity contribution in [1.82, 2.24) is 0 Å². The number of rotatable bonds is 6. The van der Waals surface area contributed by atoms with Gasteiger partial charge in [0.1, 0.15) is 0 Å². The topological polar surface area (TPSA) is 18.5 Å². The highest BCUT2D eigenvalue weighted by Crippen LogP contribution is 2.36. The van der Waals surface area contributed by atoms with E-state index in [9.17, 15) is 0 Å². The lowest BCUT2D eigenvalue weighted by atomic mass is 9.79. The summed E-state index contributed by atoms with van der Waals surface area (Å²) in [6.07, 6.45) is 11.8. The highest BCUT2D eigenvalue weighted by Gasteiger charge is 2.31. The molecule has 1 saturated carbocycles. The van der Waals surface area contributed by atoms with Gasteiger partial charge in [-0.3, -0.25) is 0 Å². The molecule has 0 spiro atoms. The van der Waals surface area contributed by atoms with Gasteiger partial charge in [-0.25, -0.2) is 0 Å². The number of aryl methyl sites for hydroxylation is 1. The standard InChI is InChI=1S/C27H33ClO2/c1-2-3-22-18-29-27(30-19-22)25-12-8-21(9-13-25)5-4-20-6-10-23(11-7-20)24-14-16-26(28)17-15-24/h2-3,6-7,10-11,14-17,21-22,25,27H,4-5,8-9,12-13,18-19H2,1H3/t21-,22-,25-,27-. The molecule has 2 nitrogen and oxygen atoms in total. The van der Waals surface area contributed by atoms with Crippen molar-refractivity contribution >= 4 is 11.6 Å². The summed E-state index contributed by atoms with van der Waals surface area (Å²) in [4.78, 5) is 0. The maximum Gasteiger partial charge on any atom is 0.160 e. The molecule has 30 heavy (non-hydrogen) atoms. The van der Waals surface area contributed by atoms with Gasteiger partial charge in [-0.2, -0.15) is 0 Å². The second-order valence-corrected chi connectivity index (χ2v) is 9.28. The Bertz CT molecular complexity index is 796. The van der Waals surface area contributed by atoms with E-state index in [1.807, 2.05) is 12.1 Å². The quantitative estimate of drug-likeness (QED) is 0.452. The van der Waals surface area contributed by atoms with Crippen molar-refractivity contribution in [2.24, 2.45) is 17.8 Å². The summed E-state index contributed by atoms with van der Waals surface area (Å²) >= 11 is 5.99. The van der Waals surface area contributed by atoms with E-state index < -0.39 is 0 Å². The smallest absolute Gasteiger partial charge is 0.160 e. The molecular weight excluding hydrogens is 392 g/mol. The largest absolute Gasteiger partial charge is 0.352 e. The Morgan fingerprint density at radius 1 is 0.867 bits per heavy atom. The van der Waals surface area contributed by atoms with Crippen LogP contribution in [-0.2, 0) is 15.9 Å². The third-order valence-electron chi connectivity index (χ3n) is 6.66. The Morgan fingerprint density at radius 2 is 1.47 bits per heavy atom. The van der Waals surface area contributed by atoms with Crippen LogP contribution in [0.5, 0.6) is 0 Å². The number of hydrogen-bond donors (Lipinski definition) is 0. The molecule has 0 atom stereocenters. The first-order valence-electron chi connectivity index (χ1n) is 11.4. The van der Waals surface area contributed by atoms with Crippen LogP contribution < -0.4 is 0 Å². The third-order valence-corrected chi connectivity index (χ3v) is 6.91. The van der Waals surface area contributed by atoms with Gasteiger partial charge in [-0.15, -0.1) is 0 Å². The van der Waals surface area contributed by atoms with Crippen LogP contribution in [0.15, 0.2) is 60.7 Å². The number of hydrogen-bond acceptors (Lipinski definition) is 2. The zero-order chi connectivity index (χ0) is 20.8. The monoisotopic (exact) mass is 424 g/mol. The summed E-state index contributed by atoms with van der Waals surface area (Å²) in [7, 11) is 0. The van der Waals surface area contributed by atoms with Crippen molar-refractivity contribution in [2.75, 3.05) is 13.2 Å². The minimum absolute atomic E-state index is 0.0212. The lowest BCUT2D eigenvalue weighted by molar-refractivity contribution is -0.223. The van der Waals surface area contributed by atoms with Gasteiger partial charge in [0.05, 0.1) is 13.2 Å². The van der Waals surface area contributed by atoms with E-state index in [1.54, 1.807) is 0 Å². The molecular formula is C27H33ClO2. The number of benzene rings is 2. The van der Waals surface area contributed by atoms with Crippen LogP contribution in [-0.4, -0.2) is 19.5 Å². The van der Waals surface area contributed by atoms with Gasteiger partial charge >= 0.3 is 0 Å². The van der Waals surface area contributed by atoms with Crippen molar-refractivity contribution in [2.45, 2.75) is 51.7 Å². The molecule has 160 valence electrons. The lowest BCUT2D eigenvalue weighted by Gasteiger charge is -2.37. The lowest BCUT2D eigenvalue weighted by Crippen LogP contribution is -2.38. The van der Waals surface area contributed by atoms with E-state index >= 15 is 0 Å². The highest BCUT2D eigenvalue weighted by atomic mass is 35.5. The maximum atomic E-state index is 6.02. The zero-order valence-electron chi connectivity index (χ0n) is 17.9. The molecule has 1 aliphatic carbocycles. The van der Waals surface area contributed by atoms with Crippen LogP contribution >= 0.6 is 11.6 Å². The summed E-state index contributed by atoms with van der Waals surface area (Å²) in [5.41, 5.74) is 3.90. The Balaban J connectivity index is 1.20. The van der Waals surface area contributed by atoms with Gasteiger partial charge in [-0.05, 0) is 80.2 Å². The van der Waals surface area contributed by atoms with E-state index in [2.05, 4.69) is 55.5 Å². The van der Waals surface area contributed by atoms with Gasteiger partial charge in [0.15, 0.2) is 6.29 Å². The summed E-state index contributed by atoms with van der Waals surface area (Å²) < 4.78 is 12.0. The SMILES string of the molecule is CC=C[C@H]1CO[C@H]([C@H]2CC[C@H](CCc3ccc(-c4ccc(Cl)cc4)cc3)CC2)OC1. The molecule has 1 heterocycles. The average Bonchev–Trinajstić information content (AvgIpc) is 2.80. The number of allylic oxidation sites excluding steroid dienone is 1. The fraction of sp³-hybridized carbons (Fsp3) is 0.481. The minimum Gasteiger partial charge on any atom is -0.352 e. The molecule has 0 radical (unpaired) electrons. The normalized spacial score (nSPS) is 27.4. The van der Waals surface area contributed by atoms with Gasteiger partial charge in [0, 0.05) is 16.9 Å². The molecule has 2 fully saturated rings.